The number of carbonyl (C=O) groups is 3. The van der Waals surface area contributed by atoms with Crippen molar-refractivity contribution < 1.29 is 23.9 Å². The average Bonchev–Trinajstić information content (AvgIpc) is 2.85. The SMILES string of the molecule is CC(=O)NCC(=O)N1C[C@@H]2OC(C)(C)O[C@@H]2[C@H]1C(=O)NC(C)(C)C. The van der Waals surface area contributed by atoms with Crippen molar-refractivity contribution in [3.63, 3.8) is 0 Å². The molecule has 0 aromatic rings. The molecule has 24 heavy (non-hydrogen) atoms. The van der Waals surface area contributed by atoms with E-state index in [0.717, 1.165) is 0 Å². The molecule has 0 aliphatic carbocycles. The van der Waals surface area contributed by atoms with Crippen molar-refractivity contribution in [2.45, 2.75) is 71.1 Å². The van der Waals surface area contributed by atoms with E-state index in [2.05, 4.69) is 10.6 Å². The van der Waals surface area contributed by atoms with Gasteiger partial charge in [0, 0.05) is 12.5 Å². The highest BCUT2D eigenvalue weighted by Crippen LogP contribution is 2.37. The Kier molecular flexibility index (Phi) is 4.92. The number of hydrogen-bond donors (Lipinski definition) is 2. The van der Waals surface area contributed by atoms with Crippen LogP contribution in [0.4, 0.5) is 0 Å². The molecule has 0 aromatic carbocycles. The van der Waals surface area contributed by atoms with Crippen LogP contribution < -0.4 is 10.6 Å². The number of hydrogen-bond acceptors (Lipinski definition) is 5. The molecule has 136 valence electrons. The number of amides is 3. The highest BCUT2D eigenvalue weighted by Gasteiger charge is 2.56. The number of ether oxygens (including phenoxy) is 2. The Balaban J connectivity index is 2.19. The fourth-order valence-electron chi connectivity index (χ4n) is 3.05. The Morgan fingerprint density at radius 2 is 1.83 bits per heavy atom. The number of nitrogens with zero attached hydrogens (tertiary/aromatic N) is 1. The third kappa shape index (κ3) is 4.24. The molecule has 2 aliphatic rings. The van der Waals surface area contributed by atoms with Crippen molar-refractivity contribution in [2.24, 2.45) is 0 Å². The first-order valence-electron chi connectivity index (χ1n) is 8.11. The maximum atomic E-state index is 12.7. The summed E-state index contributed by atoms with van der Waals surface area (Å²) in [7, 11) is 0. The third-order valence-corrected chi connectivity index (χ3v) is 3.82. The zero-order valence-electron chi connectivity index (χ0n) is 15.1. The summed E-state index contributed by atoms with van der Waals surface area (Å²) in [5, 5.41) is 5.36. The predicted octanol–water partition coefficient (Wildman–Crippen LogP) is -0.232. The van der Waals surface area contributed by atoms with Gasteiger partial charge in [-0.05, 0) is 34.6 Å². The average molecular weight is 341 g/mol. The molecule has 2 aliphatic heterocycles. The second-order valence-corrected chi connectivity index (χ2v) is 7.78. The summed E-state index contributed by atoms with van der Waals surface area (Å²) in [5.41, 5.74) is -0.434. The van der Waals surface area contributed by atoms with E-state index in [1.807, 2.05) is 20.8 Å². The van der Waals surface area contributed by atoms with E-state index in [1.54, 1.807) is 13.8 Å². The van der Waals surface area contributed by atoms with E-state index >= 15 is 0 Å². The lowest BCUT2D eigenvalue weighted by Gasteiger charge is -2.31. The summed E-state index contributed by atoms with van der Waals surface area (Å²) >= 11 is 0. The van der Waals surface area contributed by atoms with Gasteiger partial charge in [0.2, 0.25) is 17.7 Å². The van der Waals surface area contributed by atoms with Crippen LogP contribution in [0.2, 0.25) is 0 Å². The van der Waals surface area contributed by atoms with E-state index in [9.17, 15) is 14.4 Å². The van der Waals surface area contributed by atoms with Crippen LogP contribution in [0.5, 0.6) is 0 Å². The Morgan fingerprint density at radius 1 is 1.21 bits per heavy atom. The van der Waals surface area contributed by atoms with Gasteiger partial charge in [-0.3, -0.25) is 14.4 Å². The van der Waals surface area contributed by atoms with Crippen LogP contribution in [0, 0.1) is 0 Å². The molecule has 2 saturated heterocycles. The van der Waals surface area contributed by atoms with Gasteiger partial charge in [0.05, 0.1) is 13.1 Å². The molecule has 3 atom stereocenters. The first-order chi connectivity index (χ1) is 10.9. The van der Waals surface area contributed by atoms with Crippen LogP contribution in [-0.2, 0) is 23.9 Å². The van der Waals surface area contributed by atoms with Crippen LogP contribution >= 0.6 is 0 Å². The molecule has 2 rings (SSSR count). The van der Waals surface area contributed by atoms with Crippen LogP contribution in [0.15, 0.2) is 0 Å². The molecule has 2 heterocycles. The van der Waals surface area contributed by atoms with Crippen molar-refractivity contribution in [3.05, 3.63) is 0 Å². The minimum atomic E-state index is -0.789. The lowest BCUT2D eigenvalue weighted by molar-refractivity contribution is -0.170. The molecule has 2 N–H and O–H groups in total. The fourth-order valence-corrected chi connectivity index (χ4v) is 3.05. The standard InChI is InChI=1S/C16H27N3O5/c1-9(20)17-7-11(21)19-8-10-13(24-16(5,6)23-10)12(19)14(22)18-15(2,3)4/h10,12-13H,7-8H2,1-6H3,(H,17,20)(H,18,22)/t10-,12-,13-/m0/s1. The predicted molar refractivity (Wildman–Crippen MR) is 85.9 cm³/mol. The minimum absolute atomic E-state index is 0.155. The Labute approximate surface area is 142 Å². The van der Waals surface area contributed by atoms with Gasteiger partial charge in [-0.25, -0.2) is 0 Å². The normalized spacial score (nSPS) is 28.4. The summed E-state index contributed by atoms with van der Waals surface area (Å²) in [5.74, 6) is -1.71. The Hall–Kier alpha value is -1.67. The molecule has 0 unspecified atom stereocenters. The van der Waals surface area contributed by atoms with E-state index < -0.39 is 23.5 Å². The van der Waals surface area contributed by atoms with Crippen LogP contribution in [0.25, 0.3) is 0 Å². The second-order valence-electron chi connectivity index (χ2n) is 7.78. The molecule has 2 fully saturated rings. The smallest absolute Gasteiger partial charge is 0.246 e. The van der Waals surface area contributed by atoms with Crippen molar-refractivity contribution in [3.8, 4) is 0 Å². The number of nitrogens with one attached hydrogen (secondary N) is 2. The number of likely N-dealkylation sites (tertiary alicyclic amines) is 1. The van der Waals surface area contributed by atoms with Gasteiger partial charge in [-0.2, -0.15) is 0 Å². The molecule has 0 saturated carbocycles. The zero-order chi connectivity index (χ0) is 18.3. The first kappa shape index (κ1) is 18.7. The molecular weight excluding hydrogens is 314 g/mol. The fraction of sp³-hybridized carbons (Fsp3) is 0.812. The van der Waals surface area contributed by atoms with Crippen LogP contribution in [0.1, 0.15) is 41.5 Å². The minimum Gasteiger partial charge on any atom is -0.350 e. The quantitative estimate of drug-likeness (QED) is 0.739. The second kappa shape index (κ2) is 6.33. The zero-order valence-corrected chi connectivity index (χ0v) is 15.1. The largest absolute Gasteiger partial charge is 0.350 e. The molecule has 0 radical (unpaired) electrons. The molecule has 8 nitrogen and oxygen atoms in total. The summed E-state index contributed by atoms with van der Waals surface area (Å²) in [6.07, 6.45) is -0.888. The summed E-state index contributed by atoms with van der Waals surface area (Å²) in [6.45, 7) is 10.6. The lowest BCUT2D eigenvalue weighted by atomic mass is 10.1. The lowest BCUT2D eigenvalue weighted by Crippen LogP contribution is -2.56. The van der Waals surface area contributed by atoms with Gasteiger partial charge < -0.3 is 25.0 Å². The molecule has 0 bridgehead atoms. The van der Waals surface area contributed by atoms with Gasteiger partial charge in [0.1, 0.15) is 18.2 Å². The first-order valence-corrected chi connectivity index (χ1v) is 8.11. The highest BCUT2D eigenvalue weighted by molar-refractivity contribution is 5.91. The van der Waals surface area contributed by atoms with Gasteiger partial charge >= 0.3 is 0 Å². The molecular formula is C16H27N3O5. The Bertz CT molecular complexity index is 540. The van der Waals surface area contributed by atoms with Crippen molar-refractivity contribution >= 4 is 17.7 Å². The summed E-state index contributed by atoms with van der Waals surface area (Å²) < 4.78 is 11.7. The maximum absolute atomic E-state index is 12.7. The Morgan fingerprint density at radius 3 is 2.38 bits per heavy atom. The third-order valence-electron chi connectivity index (χ3n) is 3.82. The summed E-state index contributed by atoms with van der Waals surface area (Å²) in [4.78, 5) is 37.7. The molecule has 8 heteroatoms. The van der Waals surface area contributed by atoms with E-state index in [0.29, 0.717) is 0 Å². The van der Waals surface area contributed by atoms with Crippen molar-refractivity contribution in [2.75, 3.05) is 13.1 Å². The highest BCUT2D eigenvalue weighted by atomic mass is 16.8. The van der Waals surface area contributed by atoms with Gasteiger partial charge in [-0.1, -0.05) is 0 Å². The number of carbonyl (C=O) groups excluding carboxylic acids is 3. The van der Waals surface area contributed by atoms with Gasteiger partial charge in [0.25, 0.3) is 0 Å². The number of rotatable bonds is 3. The van der Waals surface area contributed by atoms with Gasteiger partial charge in [0.15, 0.2) is 5.79 Å². The molecule has 0 spiro atoms. The van der Waals surface area contributed by atoms with E-state index in [1.165, 1.54) is 11.8 Å². The van der Waals surface area contributed by atoms with Gasteiger partial charge in [-0.15, -0.1) is 0 Å². The number of fused-ring (bicyclic) bond motifs is 1. The summed E-state index contributed by atoms with van der Waals surface area (Å²) in [6, 6.07) is -0.780. The maximum Gasteiger partial charge on any atom is 0.246 e. The molecule has 0 aromatic heterocycles. The molecule has 3 amide bonds. The van der Waals surface area contributed by atoms with Crippen LogP contribution in [-0.4, -0.2) is 65.3 Å². The van der Waals surface area contributed by atoms with Crippen LogP contribution in [0.3, 0.4) is 0 Å². The monoisotopic (exact) mass is 341 g/mol. The van der Waals surface area contributed by atoms with E-state index in [-0.39, 0.29) is 36.9 Å². The van der Waals surface area contributed by atoms with E-state index in [4.69, 9.17) is 9.47 Å². The topological polar surface area (TPSA) is 97.0 Å². The van der Waals surface area contributed by atoms with Crippen molar-refractivity contribution in [1.82, 2.24) is 15.5 Å². The van der Waals surface area contributed by atoms with Crippen molar-refractivity contribution in [1.29, 1.82) is 0 Å².